The van der Waals surface area contributed by atoms with E-state index in [9.17, 15) is 4.79 Å². The predicted molar refractivity (Wildman–Crippen MR) is 96.8 cm³/mol. The molecule has 0 aliphatic carbocycles. The fourth-order valence-electron chi connectivity index (χ4n) is 3.18. The van der Waals surface area contributed by atoms with Crippen molar-refractivity contribution in [3.05, 3.63) is 46.9 Å². The van der Waals surface area contributed by atoms with Gasteiger partial charge in [0.1, 0.15) is 5.75 Å². The minimum atomic E-state index is -0.0709. The van der Waals surface area contributed by atoms with E-state index in [1.165, 1.54) is 0 Å². The topological polar surface area (TPSA) is 86.3 Å². The third kappa shape index (κ3) is 3.30. The van der Waals surface area contributed by atoms with Crippen LogP contribution in [0.2, 0.25) is 0 Å². The lowest BCUT2D eigenvalue weighted by atomic mass is 10.2. The van der Waals surface area contributed by atoms with Crippen molar-refractivity contribution < 1.29 is 14.1 Å². The summed E-state index contributed by atoms with van der Waals surface area (Å²) in [7, 11) is 1.86. The van der Waals surface area contributed by atoms with Crippen molar-refractivity contribution in [2.75, 3.05) is 6.61 Å². The molecule has 140 valence electrons. The number of rotatable bonds is 5. The largest absolute Gasteiger partial charge is 0.484 e. The second-order valence-corrected chi connectivity index (χ2v) is 6.62. The Kier molecular flexibility index (Phi) is 4.39. The van der Waals surface area contributed by atoms with E-state index in [1.54, 1.807) is 9.58 Å². The van der Waals surface area contributed by atoms with Gasteiger partial charge in [0.15, 0.2) is 18.1 Å². The van der Waals surface area contributed by atoms with E-state index in [-0.39, 0.29) is 12.5 Å². The average Bonchev–Trinajstić information content (AvgIpc) is 3.36. The highest BCUT2D eigenvalue weighted by atomic mass is 16.5. The van der Waals surface area contributed by atoms with Crippen molar-refractivity contribution in [2.45, 2.75) is 33.4 Å². The van der Waals surface area contributed by atoms with Crippen LogP contribution in [0.3, 0.4) is 0 Å². The summed E-state index contributed by atoms with van der Waals surface area (Å²) in [6, 6.07) is 7.66. The number of ether oxygens (including phenoxy) is 1. The zero-order chi connectivity index (χ0) is 19.0. The van der Waals surface area contributed by atoms with Crippen LogP contribution >= 0.6 is 0 Å². The Bertz CT molecular complexity index is 991. The summed E-state index contributed by atoms with van der Waals surface area (Å²) in [5.74, 6) is 1.66. The zero-order valence-corrected chi connectivity index (χ0v) is 15.6. The molecule has 0 fully saturated rings. The van der Waals surface area contributed by atoms with Crippen LogP contribution in [0, 0.1) is 6.92 Å². The molecule has 3 heterocycles. The number of benzene rings is 1. The number of fused-ring (bicyclic) bond motifs is 1. The first-order chi connectivity index (χ1) is 13.0. The Hall–Kier alpha value is -3.16. The molecule has 4 rings (SSSR count). The molecular weight excluding hydrogens is 346 g/mol. The van der Waals surface area contributed by atoms with Crippen molar-refractivity contribution in [1.82, 2.24) is 24.8 Å². The van der Waals surface area contributed by atoms with Crippen molar-refractivity contribution >= 4 is 5.91 Å². The Morgan fingerprint density at radius 1 is 1.33 bits per heavy atom. The number of hydrogen-bond acceptors (Lipinski definition) is 6. The molecule has 1 aliphatic heterocycles. The number of amides is 1. The molecule has 27 heavy (non-hydrogen) atoms. The SMILES string of the molecule is CCc1noc(-c2nn(C)c3c2CN(C(=O)COc2cccc(C)c2)C3)n1. The van der Waals surface area contributed by atoms with Crippen molar-refractivity contribution in [2.24, 2.45) is 7.05 Å². The molecule has 0 bridgehead atoms. The summed E-state index contributed by atoms with van der Waals surface area (Å²) >= 11 is 0. The van der Waals surface area contributed by atoms with Crippen LogP contribution in [0.1, 0.15) is 29.6 Å². The highest BCUT2D eigenvalue weighted by Crippen LogP contribution is 2.31. The van der Waals surface area contributed by atoms with E-state index in [1.807, 2.05) is 45.2 Å². The highest BCUT2D eigenvalue weighted by Gasteiger charge is 2.32. The maximum absolute atomic E-state index is 12.6. The molecule has 0 atom stereocenters. The van der Waals surface area contributed by atoms with Gasteiger partial charge in [-0.15, -0.1) is 0 Å². The van der Waals surface area contributed by atoms with Crippen LogP contribution in [0.25, 0.3) is 11.6 Å². The van der Waals surface area contributed by atoms with Crippen molar-refractivity contribution in [3.8, 4) is 17.3 Å². The zero-order valence-electron chi connectivity index (χ0n) is 15.6. The summed E-state index contributed by atoms with van der Waals surface area (Å²) in [5, 5.41) is 8.43. The van der Waals surface area contributed by atoms with Crippen LogP contribution in [-0.4, -0.2) is 37.3 Å². The lowest BCUT2D eigenvalue weighted by Crippen LogP contribution is -2.31. The van der Waals surface area contributed by atoms with Gasteiger partial charge in [-0.05, 0) is 24.6 Å². The molecule has 8 heteroatoms. The van der Waals surface area contributed by atoms with Gasteiger partial charge in [0, 0.05) is 19.0 Å². The van der Waals surface area contributed by atoms with Gasteiger partial charge in [-0.3, -0.25) is 9.48 Å². The van der Waals surface area contributed by atoms with Crippen LogP contribution in [-0.2, 0) is 31.4 Å². The minimum absolute atomic E-state index is 0.000738. The molecule has 1 amide bonds. The number of aromatic nitrogens is 4. The third-order valence-electron chi connectivity index (χ3n) is 4.66. The summed E-state index contributed by atoms with van der Waals surface area (Å²) in [4.78, 5) is 18.7. The highest BCUT2D eigenvalue weighted by molar-refractivity contribution is 5.79. The van der Waals surface area contributed by atoms with Gasteiger partial charge in [-0.25, -0.2) is 0 Å². The van der Waals surface area contributed by atoms with Crippen molar-refractivity contribution in [3.63, 3.8) is 0 Å². The number of nitrogens with zero attached hydrogens (tertiary/aromatic N) is 5. The molecule has 0 spiro atoms. The van der Waals surface area contributed by atoms with Gasteiger partial charge in [0.25, 0.3) is 11.8 Å². The van der Waals surface area contributed by atoms with E-state index >= 15 is 0 Å². The average molecular weight is 367 g/mol. The molecule has 8 nitrogen and oxygen atoms in total. The van der Waals surface area contributed by atoms with Crippen LogP contribution < -0.4 is 4.74 Å². The van der Waals surface area contributed by atoms with Crippen LogP contribution in [0.5, 0.6) is 5.75 Å². The minimum Gasteiger partial charge on any atom is -0.484 e. The first-order valence-corrected chi connectivity index (χ1v) is 8.90. The second kappa shape index (κ2) is 6.86. The van der Waals surface area contributed by atoms with Crippen molar-refractivity contribution in [1.29, 1.82) is 0 Å². The second-order valence-electron chi connectivity index (χ2n) is 6.62. The standard InChI is InChI=1S/C19H21N5O3/c1-4-16-20-19(27-22-16)18-14-9-24(10-15(14)23(3)21-18)17(25)11-26-13-7-5-6-12(2)8-13/h5-8H,4,9-11H2,1-3H3. The molecule has 3 aromatic rings. The number of carbonyl (C=O) groups excluding carboxylic acids is 1. The Labute approximate surface area is 156 Å². The molecule has 0 saturated heterocycles. The summed E-state index contributed by atoms with van der Waals surface area (Å²) in [5.41, 5.74) is 3.67. The number of aryl methyl sites for hydroxylation is 3. The van der Waals surface area contributed by atoms with Gasteiger partial charge in [0.2, 0.25) is 0 Å². The lowest BCUT2D eigenvalue weighted by molar-refractivity contribution is -0.134. The molecule has 1 aliphatic rings. The first-order valence-electron chi connectivity index (χ1n) is 8.90. The number of hydrogen-bond donors (Lipinski definition) is 0. The molecular formula is C19H21N5O3. The molecule has 0 N–H and O–H groups in total. The smallest absolute Gasteiger partial charge is 0.278 e. The Balaban J connectivity index is 1.47. The summed E-state index contributed by atoms with van der Waals surface area (Å²) < 4.78 is 12.7. The summed E-state index contributed by atoms with van der Waals surface area (Å²) in [6.45, 7) is 4.90. The maximum Gasteiger partial charge on any atom is 0.278 e. The van der Waals surface area contributed by atoms with Gasteiger partial charge < -0.3 is 14.2 Å². The van der Waals surface area contributed by atoms with E-state index in [4.69, 9.17) is 9.26 Å². The van der Waals surface area contributed by atoms with Gasteiger partial charge >= 0.3 is 0 Å². The third-order valence-corrected chi connectivity index (χ3v) is 4.66. The van der Waals surface area contributed by atoms with E-state index in [0.717, 1.165) is 16.8 Å². The van der Waals surface area contributed by atoms with Crippen LogP contribution in [0.4, 0.5) is 0 Å². The normalized spacial score (nSPS) is 13.1. The molecule has 0 radical (unpaired) electrons. The van der Waals surface area contributed by atoms with E-state index in [2.05, 4.69) is 15.2 Å². The van der Waals surface area contributed by atoms with Gasteiger partial charge in [-0.2, -0.15) is 10.1 Å². The quantitative estimate of drug-likeness (QED) is 0.688. The van der Waals surface area contributed by atoms with E-state index < -0.39 is 0 Å². The first kappa shape index (κ1) is 17.3. The van der Waals surface area contributed by atoms with Gasteiger partial charge in [-0.1, -0.05) is 24.2 Å². The van der Waals surface area contributed by atoms with Gasteiger partial charge in [0.05, 0.1) is 18.8 Å². The molecule has 0 saturated carbocycles. The maximum atomic E-state index is 12.6. The predicted octanol–water partition coefficient (Wildman–Crippen LogP) is 2.26. The van der Waals surface area contributed by atoms with Crippen LogP contribution in [0.15, 0.2) is 28.8 Å². The van der Waals surface area contributed by atoms with E-state index in [0.29, 0.717) is 42.7 Å². The lowest BCUT2D eigenvalue weighted by Gasteiger charge is -2.16. The molecule has 0 unspecified atom stereocenters. The Morgan fingerprint density at radius 2 is 2.19 bits per heavy atom. The monoisotopic (exact) mass is 367 g/mol. The summed E-state index contributed by atoms with van der Waals surface area (Å²) in [6.07, 6.45) is 0.694. The molecule has 1 aromatic carbocycles. The fraction of sp³-hybridized carbons (Fsp3) is 0.368. The Morgan fingerprint density at radius 3 is 2.93 bits per heavy atom. The fourth-order valence-corrected chi connectivity index (χ4v) is 3.18. The molecule has 2 aromatic heterocycles. The number of carbonyl (C=O) groups is 1.